The van der Waals surface area contributed by atoms with Crippen molar-refractivity contribution in [1.29, 1.82) is 0 Å². The van der Waals surface area contributed by atoms with Gasteiger partial charge in [0.15, 0.2) is 0 Å². The Kier molecular flexibility index (Phi) is 3.75. The molecule has 0 aliphatic carbocycles. The number of hydrogen-bond donors (Lipinski definition) is 2. The Morgan fingerprint density at radius 1 is 1.50 bits per heavy atom. The topological polar surface area (TPSA) is 52.0 Å². The van der Waals surface area contributed by atoms with Crippen LogP contribution in [0.2, 0.25) is 0 Å². The van der Waals surface area contributed by atoms with E-state index in [0.29, 0.717) is 13.0 Å². The molecular formula is C6H14F2N2. The maximum absolute atomic E-state index is 12.0. The Hall–Kier alpha value is -0.220. The minimum atomic E-state index is -2.46. The van der Waals surface area contributed by atoms with Gasteiger partial charge in [-0.1, -0.05) is 0 Å². The number of halogens is 2. The summed E-state index contributed by atoms with van der Waals surface area (Å²) in [6, 6.07) is 0. The zero-order valence-corrected chi connectivity index (χ0v) is 6.11. The van der Waals surface area contributed by atoms with Gasteiger partial charge >= 0.3 is 0 Å². The van der Waals surface area contributed by atoms with Crippen LogP contribution in [0.4, 0.5) is 8.78 Å². The maximum atomic E-state index is 12.0. The number of nitrogens with two attached hydrogens (primary N) is 2. The highest BCUT2D eigenvalue weighted by atomic mass is 19.3. The molecule has 0 saturated carbocycles. The van der Waals surface area contributed by atoms with Crippen LogP contribution in [0.25, 0.3) is 0 Å². The van der Waals surface area contributed by atoms with Crippen molar-refractivity contribution >= 4 is 0 Å². The average molecular weight is 152 g/mol. The average Bonchev–Trinajstić information content (AvgIpc) is 1.84. The Balaban J connectivity index is 3.63. The fraction of sp³-hybridized carbons (Fsp3) is 1.00. The van der Waals surface area contributed by atoms with Gasteiger partial charge < -0.3 is 11.5 Å². The summed E-state index contributed by atoms with van der Waals surface area (Å²) < 4.78 is 23.9. The van der Waals surface area contributed by atoms with Crippen LogP contribution >= 0.6 is 0 Å². The first-order valence-electron chi connectivity index (χ1n) is 3.28. The first-order chi connectivity index (χ1) is 4.50. The van der Waals surface area contributed by atoms with Gasteiger partial charge in [-0.25, -0.2) is 8.78 Å². The lowest BCUT2D eigenvalue weighted by Gasteiger charge is -2.22. The highest BCUT2D eigenvalue weighted by Crippen LogP contribution is 2.17. The molecule has 0 heterocycles. The molecule has 0 radical (unpaired) electrons. The normalized spacial score (nSPS) is 17.4. The molecule has 0 bridgehead atoms. The fourth-order valence-corrected chi connectivity index (χ4v) is 0.592. The summed E-state index contributed by atoms with van der Waals surface area (Å²) in [5.74, 6) is 0. The number of alkyl halides is 2. The lowest BCUT2D eigenvalue weighted by molar-refractivity contribution is 0.0582. The second-order valence-corrected chi connectivity index (χ2v) is 2.70. The van der Waals surface area contributed by atoms with E-state index in [1.807, 2.05) is 0 Å². The van der Waals surface area contributed by atoms with Crippen LogP contribution in [-0.4, -0.2) is 18.5 Å². The Morgan fingerprint density at radius 2 is 2.00 bits per heavy atom. The maximum Gasteiger partial charge on any atom is 0.255 e. The molecule has 4 N–H and O–H groups in total. The summed E-state index contributed by atoms with van der Waals surface area (Å²) in [4.78, 5) is 0. The van der Waals surface area contributed by atoms with Gasteiger partial charge in [-0.2, -0.15) is 0 Å². The predicted octanol–water partition coefficient (Wildman–Crippen LogP) is 0.708. The van der Waals surface area contributed by atoms with Gasteiger partial charge in [-0.15, -0.1) is 0 Å². The van der Waals surface area contributed by atoms with Gasteiger partial charge in [0.25, 0.3) is 6.43 Å². The summed E-state index contributed by atoms with van der Waals surface area (Å²) in [6.07, 6.45) is -1.63. The lowest BCUT2D eigenvalue weighted by atomic mass is 9.98. The van der Waals surface area contributed by atoms with Crippen LogP contribution in [-0.2, 0) is 0 Å². The van der Waals surface area contributed by atoms with E-state index in [2.05, 4.69) is 0 Å². The van der Waals surface area contributed by atoms with Crippen LogP contribution in [0.5, 0.6) is 0 Å². The molecular weight excluding hydrogens is 138 g/mol. The highest BCUT2D eigenvalue weighted by molar-refractivity contribution is 4.80. The second-order valence-electron chi connectivity index (χ2n) is 2.70. The highest BCUT2D eigenvalue weighted by Gasteiger charge is 2.28. The Labute approximate surface area is 59.6 Å². The Bertz CT molecular complexity index is 93.7. The smallest absolute Gasteiger partial charge is 0.255 e. The third kappa shape index (κ3) is 3.08. The SMILES string of the molecule is CC(N)(CCCN)C(F)F. The molecule has 1 unspecified atom stereocenters. The molecule has 0 fully saturated rings. The first kappa shape index (κ1) is 9.78. The molecule has 0 aliphatic heterocycles. The molecule has 10 heavy (non-hydrogen) atoms. The van der Waals surface area contributed by atoms with Crippen molar-refractivity contribution in [2.75, 3.05) is 6.54 Å². The molecule has 0 saturated heterocycles. The van der Waals surface area contributed by atoms with Crippen LogP contribution in [0.3, 0.4) is 0 Å². The van der Waals surface area contributed by atoms with E-state index in [0.717, 1.165) is 0 Å². The largest absolute Gasteiger partial charge is 0.330 e. The molecule has 0 aliphatic rings. The molecule has 0 aromatic heterocycles. The minimum absolute atomic E-state index is 0.279. The summed E-state index contributed by atoms with van der Waals surface area (Å²) in [6.45, 7) is 1.76. The summed E-state index contributed by atoms with van der Waals surface area (Å²) in [7, 11) is 0. The number of rotatable bonds is 4. The van der Waals surface area contributed by atoms with Gasteiger partial charge in [0.1, 0.15) is 0 Å². The molecule has 0 aromatic carbocycles. The lowest BCUT2D eigenvalue weighted by Crippen LogP contribution is -2.44. The Morgan fingerprint density at radius 3 is 2.30 bits per heavy atom. The molecule has 0 spiro atoms. The van der Waals surface area contributed by atoms with Crippen LogP contribution in [0.15, 0.2) is 0 Å². The molecule has 0 rings (SSSR count). The van der Waals surface area contributed by atoms with E-state index in [-0.39, 0.29) is 6.42 Å². The second kappa shape index (κ2) is 3.83. The summed E-state index contributed by atoms with van der Waals surface area (Å²) >= 11 is 0. The van der Waals surface area contributed by atoms with Crippen molar-refractivity contribution in [3.05, 3.63) is 0 Å². The van der Waals surface area contributed by atoms with Crippen LogP contribution in [0.1, 0.15) is 19.8 Å². The standard InChI is InChI=1S/C6H14F2N2/c1-6(10,5(7)8)3-2-4-9/h5H,2-4,9-10H2,1H3. The summed E-state index contributed by atoms with van der Waals surface area (Å²) in [5.41, 5.74) is 9.01. The van der Waals surface area contributed by atoms with Gasteiger partial charge in [-0.05, 0) is 26.3 Å². The molecule has 4 heteroatoms. The minimum Gasteiger partial charge on any atom is -0.330 e. The van der Waals surface area contributed by atoms with Gasteiger partial charge in [0.2, 0.25) is 0 Å². The first-order valence-corrected chi connectivity index (χ1v) is 3.28. The van der Waals surface area contributed by atoms with Gasteiger partial charge in [0, 0.05) is 0 Å². The van der Waals surface area contributed by atoms with Crippen LogP contribution in [0, 0.1) is 0 Å². The van der Waals surface area contributed by atoms with Crippen molar-refractivity contribution < 1.29 is 8.78 Å². The van der Waals surface area contributed by atoms with E-state index in [9.17, 15) is 8.78 Å². The van der Waals surface area contributed by atoms with Crippen LogP contribution < -0.4 is 11.5 Å². The van der Waals surface area contributed by atoms with Gasteiger partial charge in [0.05, 0.1) is 5.54 Å². The molecule has 2 nitrogen and oxygen atoms in total. The molecule has 0 amide bonds. The quantitative estimate of drug-likeness (QED) is 0.623. The third-order valence-electron chi connectivity index (χ3n) is 1.42. The van der Waals surface area contributed by atoms with Crippen molar-refractivity contribution in [1.82, 2.24) is 0 Å². The number of hydrogen-bond acceptors (Lipinski definition) is 2. The molecule has 1 atom stereocenters. The van der Waals surface area contributed by atoms with E-state index in [4.69, 9.17) is 11.5 Å². The van der Waals surface area contributed by atoms with Crippen molar-refractivity contribution in [3.8, 4) is 0 Å². The fourth-order valence-electron chi connectivity index (χ4n) is 0.592. The predicted molar refractivity (Wildman–Crippen MR) is 36.9 cm³/mol. The molecule has 62 valence electrons. The monoisotopic (exact) mass is 152 g/mol. The third-order valence-corrected chi connectivity index (χ3v) is 1.42. The zero-order valence-electron chi connectivity index (χ0n) is 6.11. The van der Waals surface area contributed by atoms with E-state index in [1.165, 1.54) is 6.92 Å². The zero-order chi connectivity index (χ0) is 8.20. The van der Waals surface area contributed by atoms with E-state index >= 15 is 0 Å². The van der Waals surface area contributed by atoms with Crippen molar-refractivity contribution in [3.63, 3.8) is 0 Å². The summed E-state index contributed by atoms with van der Waals surface area (Å²) in [5, 5.41) is 0. The molecule has 0 aromatic rings. The van der Waals surface area contributed by atoms with E-state index < -0.39 is 12.0 Å². The van der Waals surface area contributed by atoms with E-state index in [1.54, 1.807) is 0 Å². The van der Waals surface area contributed by atoms with Crippen molar-refractivity contribution in [2.24, 2.45) is 11.5 Å². The van der Waals surface area contributed by atoms with Crippen molar-refractivity contribution in [2.45, 2.75) is 31.7 Å². The van der Waals surface area contributed by atoms with Gasteiger partial charge in [-0.3, -0.25) is 0 Å².